The molecule has 0 aromatic heterocycles. The summed E-state index contributed by atoms with van der Waals surface area (Å²) in [5.74, 6) is -2.25. The lowest BCUT2D eigenvalue weighted by Crippen LogP contribution is -2.44. The Morgan fingerprint density at radius 3 is 0.810 bits per heavy atom. The highest BCUT2D eigenvalue weighted by Crippen LogP contribution is 2.21. The largest absolute Gasteiger partial charge is 0.545 e. The van der Waals surface area contributed by atoms with E-state index >= 15 is 0 Å². The number of quaternary nitrogens is 1. The summed E-state index contributed by atoms with van der Waals surface area (Å²) in [4.78, 5) is 37.7. The van der Waals surface area contributed by atoms with E-state index in [0.717, 1.165) is 77.0 Å². The maximum Gasteiger partial charge on any atom is 0.306 e. The van der Waals surface area contributed by atoms with Gasteiger partial charge in [-0.25, -0.2) is 0 Å². The van der Waals surface area contributed by atoms with Crippen molar-refractivity contribution in [3.05, 3.63) is 85.1 Å². The van der Waals surface area contributed by atoms with Crippen molar-refractivity contribution in [1.82, 2.24) is 0 Å². The van der Waals surface area contributed by atoms with Crippen LogP contribution in [0.3, 0.4) is 0 Å². The highest BCUT2D eigenvalue weighted by atomic mass is 16.7. The number of likely N-dealkylation sites (N-methyl/N-ethyl adjacent to an activating group) is 1. The van der Waals surface area contributed by atoms with Gasteiger partial charge in [0.25, 0.3) is 0 Å². The molecule has 0 radical (unpaired) electrons. The van der Waals surface area contributed by atoms with Crippen LogP contribution in [0.4, 0.5) is 0 Å². The summed E-state index contributed by atoms with van der Waals surface area (Å²) in [5, 5.41) is 11.9. The van der Waals surface area contributed by atoms with Crippen LogP contribution in [0, 0.1) is 0 Å². The molecule has 9 nitrogen and oxygen atoms in total. The molecule has 2 unspecified atom stereocenters. The molecule has 0 bridgehead atoms. The molecule has 0 heterocycles. The lowest BCUT2D eigenvalue weighted by molar-refractivity contribution is -0.870. The maximum atomic E-state index is 13.0. The topological polar surface area (TPSA) is 111 Å². The molecule has 2 atom stereocenters. The number of carboxylic acids is 1. The predicted molar refractivity (Wildman–Crippen MR) is 454 cm³/mol. The smallest absolute Gasteiger partial charge is 0.306 e. The van der Waals surface area contributed by atoms with Gasteiger partial charge in [-0.3, -0.25) is 9.59 Å². The third-order valence-electron chi connectivity index (χ3n) is 20.6. The van der Waals surface area contributed by atoms with Crippen LogP contribution in [0.1, 0.15) is 450 Å². The fourth-order valence-corrected chi connectivity index (χ4v) is 13.7. The second-order valence-electron chi connectivity index (χ2n) is 32.2. The first-order chi connectivity index (χ1) is 51.6. The fourth-order valence-electron chi connectivity index (χ4n) is 13.7. The van der Waals surface area contributed by atoms with Crippen molar-refractivity contribution in [1.29, 1.82) is 0 Å². The van der Waals surface area contributed by atoms with Crippen molar-refractivity contribution in [2.24, 2.45) is 0 Å². The number of carbonyl (C=O) groups excluding carboxylic acids is 3. The number of carboxylic acid groups (broad SMARTS) is 1. The van der Waals surface area contributed by atoms with E-state index in [1.54, 1.807) is 0 Å². The van der Waals surface area contributed by atoms with Crippen molar-refractivity contribution >= 4 is 17.9 Å². The number of hydrogen-bond acceptors (Lipinski definition) is 8. The SMILES string of the molecule is CC/C=C\C/C=C\C/C=C\C/C=C\C/C=C\CCCCCCCCCCCCCCCCCCCCCCCCCC(=O)OC(COC(=O)CCCCCCCCCCCCCCCCCCCCCCCCCCCCCCC/C=C\C/C=C\CCCCCCC)COC(OCC[N+](C)(C)C)C(=O)[O-]. The maximum absolute atomic E-state index is 13.0. The van der Waals surface area contributed by atoms with E-state index in [1.165, 1.54) is 347 Å². The van der Waals surface area contributed by atoms with Crippen LogP contribution in [0.2, 0.25) is 0 Å². The van der Waals surface area contributed by atoms with Crippen LogP contribution >= 0.6 is 0 Å². The Labute approximate surface area is 652 Å². The second kappa shape index (κ2) is 86.1. The van der Waals surface area contributed by atoms with Crippen molar-refractivity contribution in [2.75, 3.05) is 47.5 Å². The van der Waals surface area contributed by atoms with Crippen molar-refractivity contribution < 1.29 is 42.9 Å². The van der Waals surface area contributed by atoms with E-state index in [4.69, 9.17) is 18.9 Å². The first kappa shape index (κ1) is 101. The van der Waals surface area contributed by atoms with Crippen LogP contribution in [0.15, 0.2) is 85.1 Å². The molecule has 612 valence electrons. The Balaban J connectivity index is 3.89. The van der Waals surface area contributed by atoms with E-state index in [-0.39, 0.29) is 32.2 Å². The molecule has 0 aliphatic heterocycles. The zero-order chi connectivity index (χ0) is 76.0. The Kier molecular flexibility index (Phi) is 83.2. The Morgan fingerprint density at radius 2 is 0.543 bits per heavy atom. The van der Waals surface area contributed by atoms with E-state index < -0.39 is 24.3 Å². The molecular weight excluding hydrogens is 1300 g/mol. The zero-order valence-corrected chi connectivity index (χ0v) is 70.4. The van der Waals surface area contributed by atoms with Gasteiger partial charge < -0.3 is 33.3 Å². The normalized spacial score (nSPS) is 13.0. The Bertz CT molecular complexity index is 2010. The number of ether oxygens (including phenoxy) is 4. The highest BCUT2D eigenvalue weighted by molar-refractivity contribution is 5.70. The molecule has 105 heavy (non-hydrogen) atoms. The van der Waals surface area contributed by atoms with Crippen LogP contribution < -0.4 is 5.11 Å². The second-order valence-corrected chi connectivity index (χ2v) is 32.2. The quantitative estimate of drug-likeness (QED) is 0.0195. The highest BCUT2D eigenvalue weighted by Gasteiger charge is 2.22. The van der Waals surface area contributed by atoms with Gasteiger partial charge in [0, 0.05) is 12.8 Å². The van der Waals surface area contributed by atoms with Crippen LogP contribution in [0.5, 0.6) is 0 Å². The molecule has 0 rings (SSSR count). The monoisotopic (exact) mass is 1470 g/mol. The number of rotatable bonds is 86. The van der Waals surface area contributed by atoms with E-state index in [9.17, 15) is 19.5 Å². The third-order valence-corrected chi connectivity index (χ3v) is 20.6. The molecule has 0 N–H and O–H groups in total. The molecule has 0 aromatic carbocycles. The number of allylic oxidation sites excluding steroid dienone is 14. The molecule has 0 aliphatic carbocycles. The van der Waals surface area contributed by atoms with E-state index in [1.807, 2.05) is 21.1 Å². The summed E-state index contributed by atoms with van der Waals surface area (Å²) in [6, 6.07) is 0. The van der Waals surface area contributed by atoms with Crippen LogP contribution in [-0.2, 0) is 33.3 Å². The van der Waals surface area contributed by atoms with Gasteiger partial charge in [-0.2, -0.15) is 0 Å². The number of esters is 2. The summed E-state index contributed by atoms with van der Waals surface area (Å²) in [6.45, 7) is 4.70. The third kappa shape index (κ3) is 87.6. The van der Waals surface area contributed by atoms with Crippen molar-refractivity contribution in [2.45, 2.75) is 463 Å². The first-order valence-corrected chi connectivity index (χ1v) is 45.7. The average Bonchev–Trinajstić information content (AvgIpc) is 1.97. The van der Waals surface area contributed by atoms with Gasteiger partial charge in [0.05, 0.1) is 40.3 Å². The van der Waals surface area contributed by atoms with Crippen molar-refractivity contribution in [3.8, 4) is 0 Å². The minimum Gasteiger partial charge on any atom is -0.545 e. The van der Waals surface area contributed by atoms with Crippen molar-refractivity contribution in [3.63, 3.8) is 0 Å². The summed E-state index contributed by atoms with van der Waals surface area (Å²) < 4.78 is 22.9. The number of unbranched alkanes of at least 4 members (excludes halogenated alkanes) is 57. The lowest BCUT2D eigenvalue weighted by atomic mass is 10.0. The number of aliphatic carboxylic acids is 1. The lowest BCUT2D eigenvalue weighted by Gasteiger charge is -2.26. The number of nitrogens with zero attached hydrogens (tertiary/aromatic N) is 1. The summed E-state index contributed by atoms with van der Waals surface area (Å²) in [7, 11) is 5.96. The minimum atomic E-state index is -1.62. The van der Waals surface area contributed by atoms with E-state index in [2.05, 4.69) is 98.9 Å². The number of carbonyl (C=O) groups is 3. The predicted octanol–water partition coefficient (Wildman–Crippen LogP) is 28.7. The van der Waals surface area contributed by atoms with Gasteiger partial charge in [0.2, 0.25) is 0 Å². The summed E-state index contributed by atoms with van der Waals surface area (Å²) in [5.41, 5.74) is 0. The molecule has 9 heteroatoms. The molecule has 0 saturated carbocycles. The first-order valence-electron chi connectivity index (χ1n) is 45.7. The Hall–Kier alpha value is -3.53. The molecule has 0 amide bonds. The molecule has 0 aromatic rings. The number of hydrogen-bond donors (Lipinski definition) is 0. The van der Waals surface area contributed by atoms with Gasteiger partial charge in [-0.1, -0.05) is 433 Å². The summed E-state index contributed by atoms with van der Waals surface area (Å²) in [6.07, 6.45) is 116. The Morgan fingerprint density at radius 1 is 0.295 bits per heavy atom. The zero-order valence-electron chi connectivity index (χ0n) is 70.4. The molecule has 0 saturated heterocycles. The van der Waals surface area contributed by atoms with Gasteiger partial charge in [0.1, 0.15) is 13.2 Å². The van der Waals surface area contributed by atoms with Gasteiger partial charge in [-0.15, -0.1) is 0 Å². The average molecular weight is 1470 g/mol. The minimum absolute atomic E-state index is 0.150. The summed E-state index contributed by atoms with van der Waals surface area (Å²) >= 11 is 0. The molecule has 0 spiro atoms. The standard InChI is InChI=1S/C96H175NO8/c1-6-8-10-12-14-16-18-20-22-24-26-28-30-32-34-36-38-40-42-44-46-47-49-50-52-54-56-58-60-62-64-66-68-70-72-74-76-78-80-82-84-86-93(98)103-90-92(91-104-96(95(100)101)102-89-88-97(3,4)5)105-94(99)87-85-83-81-79-77-75-73-71-69-67-65-63-61-59-57-55-53-51-48-45-43-41-39-37-35-33-31-29-27-25-23-21-19-17-15-13-11-9-7-2/h9,11,15,17-18,20-21,23-24,26-27,29,33,35,92,96H,6-8,10,12-14,16,19,22,25,28,30-32,34,36-91H2,1-5H3/b11-9-,17-15-,20-18-,23-21-,26-24-,29-27-,35-33-. The van der Waals surface area contributed by atoms with Crippen LogP contribution in [0.25, 0.3) is 0 Å². The molecular formula is C96H175NO8. The fraction of sp³-hybridized carbons (Fsp3) is 0.823. The van der Waals surface area contributed by atoms with Crippen LogP contribution in [-0.4, -0.2) is 82.3 Å². The van der Waals surface area contributed by atoms with Gasteiger partial charge in [0.15, 0.2) is 12.4 Å². The molecule has 0 aliphatic rings. The van der Waals surface area contributed by atoms with E-state index in [0.29, 0.717) is 17.4 Å². The van der Waals surface area contributed by atoms with Gasteiger partial charge in [-0.05, 0) is 89.9 Å². The van der Waals surface area contributed by atoms with Gasteiger partial charge >= 0.3 is 11.9 Å². The molecule has 0 fully saturated rings.